The van der Waals surface area contributed by atoms with Gasteiger partial charge in [0.2, 0.25) is 0 Å². The van der Waals surface area contributed by atoms with E-state index in [1.54, 1.807) is 19.2 Å². The van der Waals surface area contributed by atoms with E-state index >= 15 is 0 Å². The molecular formula is C14H18FNO2. The lowest BCUT2D eigenvalue weighted by atomic mass is 9.87. The van der Waals surface area contributed by atoms with Crippen LogP contribution in [0.4, 0.5) is 4.39 Å². The van der Waals surface area contributed by atoms with Crippen molar-refractivity contribution in [3.05, 3.63) is 35.6 Å². The van der Waals surface area contributed by atoms with Crippen LogP contribution in [0.5, 0.6) is 0 Å². The Morgan fingerprint density at radius 2 is 2.39 bits per heavy atom. The molecule has 2 fully saturated rings. The largest absolute Gasteiger partial charge is 0.377 e. The third-order valence-electron chi connectivity index (χ3n) is 4.11. The number of hydrogen-bond donors (Lipinski definition) is 1. The van der Waals surface area contributed by atoms with Gasteiger partial charge in [0.25, 0.3) is 0 Å². The molecule has 2 heterocycles. The standard InChI is InChI=1S/C14H18FNO2/c1-17-13-7-16-9-14(13)6-11(8-18-14)10-3-2-4-12(15)5-10/h2-5,11,13,16H,6-9H2,1H3/t11-,13+,14+/m0/s1. The van der Waals surface area contributed by atoms with Crippen molar-refractivity contribution >= 4 is 0 Å². The van der Waals surface area contributed by atoms with E-state index in [1.807, 2.05) is 6.07 Å². The molecule has 1 N–H and O–H groups in total. The first-order valence-corrected chi connectivity index (χ1v) is 6.36. The van der Waals surface area contributed by atoms with Crippen molar-refractivity contribution in [2.75, 3.05) is 26.8 Å². The van der Waals surface area contributed by atoms with Crippen LogP contribution in [0.15, 0.2) is 24.3 Å². The molecule has 18 heavy (non-hydrogen) atoms. The van der Waals surface area contributed by atoms with Crippen molar-refractivity contribution < 1.29 is 13.9 Å². The van der Waals surface area contributed by atoms with Crippen LogP contribution in [0.2, 0.25) is 0 Å². The third-order valence-corrected chi connectivity index (χ3v) is 4.11. The highest BCUT2D eigenvalue weighted by Gasteiger charge is 2.50. The second-order valence-electron chi connectivity index (χ2n) is 5.19. The van der Waals surface area contributed by atoms with Crippen molar-refractivity contribution in [2.24, 2.45) is 0 Å². The van der Waals surface area contributed by atoms with E-state index < -0.39 is 0 Å². The molecule has 3 atom stereocenters. The smallest absolute Gasteiger partial charge is 0.123 e. The van der Waals surface area contributed by atoms with Crippen LogP contribution in [0, 0.1) is 5.82 Å². The average molecular weight is 251 g/mol. The van der Waals surface area contributed by atoms with Crippen LogP contribution < -0.4 is 5.32 Å². The summed E-state index contributed by atoms with van der Waals surface area (Å²) < 4.78 is 24.8. The first kappa shape index (κ1) is 12.1. The molecule has 0 radical (unpaired) electrons. The maximum atomic E-state index is 13.3. The summed E-state index contributed by atoms with van der Waals surface area (Å²) in [4.78, 5) is 0. The summed E-state index contributed by atoms with van der Waals surface area (Å²) in [6.45, 7) is 2.29. The number of benzene rings is 1. The Hall–Kier alpha value is -0.970. The van der Waals surface area contributed by atoms with E-state index in [1.165, 1.54) is 6.07 Å². The summed E-state index contributed by atoms with van der Waals surface area (Å²) in [5.41, 5.74) is 0.791. The average Bonchev–Trinajstić information content (AvgIpc) is 2.97. The van der Waals surface area contributed by atoms with E-state index in [0.717, 1.165) is 25.1 Å². The number of rotatable bonds is 2. The van der Waals surface area contributed by atoms with Crippen molar-refractivity contribution in [1.29, 1.82) is 0 Å². The van der Waals surface area contributed by atoms with Gasteiger partial charge >= 0.3 is 0 Å². The molecule has 0 saturated carbocycles. The molecular weight excluding hydrogens is 233 g/mol. The fraction of sp³-hybridized carbons (Fsp3) is 0.571. The topological polar surface area (TPSA) is 30.5 Å². The third kappa shape index (κ3) is 1.94. The van der Waals surface area contributed by atoms with Gasteiger partial charge in [0, 0.05) is 26.1 Å². The molecule has 3 rings (SSSR count). The molecule has 2 saturated heterocycles. The van der Waals surface area contributed by atoms with Crippen LogP contribution in [0.1, 0.15) is 17.9 Å². The first-order valence-electron chi connectivity index (χ1n) is 6.36. The minimum atomic E-state index is -0.230. The van der Waals surface area contributed by atoms with Gasteiger partial charge in [-0.15, -0.1) is 0 Å². The van der Waals surface area contributed by atoms with E-state index in [9.17, 15) is 4.39 Å². The summed E-state index contributed by atoms with van der Waals surface area (Å²) >= 11 is 0. The first-order chi connectivity index (χ1) is 8.73. The molecule has 0 aliphatic carbocycles. The van der Waals surface area contributed by atoms with Crippen LogP contribution >= 0.6 is 0 Å². The highest BCUT2D eigenvalue weighted by molar-refractivity contribution is 5.23. The molecule has 4 heteroatoms. The molecule has 2 aliphatic heterocycles. The predicted octanol–water partition coefficient (Wildman–Crippen LogP) is 1.69. The molecule has 98 valence electrons. The number of methoxy groups -OCH3 is 1. The Bertz CT molecular complexity index is 440. The van der Waals surface area contributed by atoms with Crippen molar-refractivity contribution in [3.63, 3.8) is 0 Å². The Labute approximate surface area is 106 Å². The number of hydrogen-bond acceptors (Lipinski definition) is 3. The predicted molar refractivity (Wildman–Crippen MR) is 66.1 cm³/mol. The molecule has 1 aromatic rings. The molecule has 1 spiro atoms. The van der Waals surface area contributed by atoms with E-state index in [4.69, 9.17) is 9.47 Å². The zero-order chi connectivity index (χ0) is 12.6. The molecule has 0 aromatic heterocycles. The van der Waals surface area contributed by atoms with Gasteiger partial charge in [-0.1, -0.05) is 12.1 Å². The normalized spacial score (nSPS) is 35.4. The molecule has 0 amide bonds. The van der Waals surface area contributed by atoms with Crippen LogP contribution in [-0.4, -0.2) is 38.5 Å². The fourth-order valence-electron chi connectivity index (χ4n) is 3.14. The lowest BCUT2D eigenvalue weighted by Gasteiger charge is -2.28. The Morgan fingerprint density at radius 1 is 1.50 bits per heavy atom. The maximum absolute atomic E-state index is 13.3. The minimum Gasteiger partial charge on any atom is -0.377 e. The summed E-state index contributed by atoms with van der Waals surface area (Å²) in [7, 11) is 1.72. The zero-order valence-corrected chi connectivity index (χ0v) is 10.5. The quantitative estimate of drug-likeness (QED) is 0.867. The number of ether oxygens (including phenoxy) is 2. The zero-order valence-electron chi connectivity index (χ0n) is 10.5. The van der Waals surface area contributed by atoms with Crippen molar-refractivity contribution in [1.82, 2.24) is 5.32 Å². The van der Waals surface area contributed by atoms with Crippen molar-refractivity contribution in [2.45, 2.75) is 24.0 Å². The van der Waals surface area contributed by atoms with Gasteiger partial charge in [0.15, 0.2) is 0 Å². The van der Waals surface area contributed by atoms with Crippen LogP contribution in [-0.2, 0) is 9.47 Å². The van der Waals surface area contributed by atoms with Gasteiger partial charge in [-0.2, -0.15) is 0 Å². The molecule has 0 unspecified atom stereocenters. The summed E-state index contributed by atoms with van der Waals surface area (Å²) in [5.74, 6) is 0.0829. The summed E-state index contributed by atoms with van der Waals surface area (Å²) in [5, 5.41) is 3.32. The highest BCUT2D eigenvalue weighted by atomic mass is 19.1. The second-order valence-corrected chi connectivity index (χ2v) is 5.19. The van der Waals surface area contributed by atoms with Gasteiger partial charge in [0.05, 0.1) is 12.7 Å². The van der Waals surface area contributed by atoms with E-state index in [-0.39, 0.29) is 23.4 Å². The van der Waals surface area contributed by atoms with Crippen molar-refractivity contribution in [3.8, 4) is 0 Å². The molecule has 3 nitrogen and oxygen atoms in total. The lowest BCUT2D eigenvalue weighted by Crippen LogP contribution is -2.42. The Kier molecular flexibility index (Phi) is 3.09. The van der Waals surface area contributed by atoms with E-state index in [0.29, 0.717) is 6.61 Å². The monoisotopic (exact) mass is 251 g/mol. The molecule has 0 bridgehead atoms. The summed E-state index contributed by atoms with van der Waals surface area (Å²) in [6.07, 6.45) is 0.984. The van der Waals surface area contributed by atoms with Crippen LogP contribution in [0.3, 0.4) is 0 Å². The number of nitrogens with one attached hydrogen (secondary N) is 1. The van der Waals surface area contributed by atoms with Gasteiger partial charge < -0.3 is 14.8 Å². The SMILES string of the molecule is CO[C@@H]1CNC[C@]12C[C@H](c1cccc(F)c1)CO2. The Balaban J connectivity index is 1.79. The van der Waals surface area contributed by atoms with Gasteiger partial charge in [0.1, 0.15) is 11.4 Å². The van der Waals surface area contributed by atoms with E-state index in [2.05, 4.69) is 5.32 Å². The molecule has 1 aromatic carbocycles. The van der Waals surface area contributed by atoms with Gasteiger partial charge in [-0.25, -0.2) is 4.39 Å². The number of halogens is 1. The maximum Gasteiger partial charge on any atom is 0.123 e. The highest BCUT2D eigenvalue weighted by Crippen LogP contribution is 2.41. The van der Waals surface area contributed by atoms with Crippen LogP contribution in [0.25, 0.3) is 0 Å². The van der Waals surface area contributed by atoms with Gasteiger partial charge in [-0.3, -0.25) is 0 Å². The van der Waals surface area contributed by atoms with Gasteiger partial charge in [-0.05, 0) is 24.1 Å². The molecule has 2 aliphatic rings. The summed E-state index contributed by atoms with van der Waals surface area (Å²) in [6, 6.07) is 6.82. The minimum absolute atomic E-state index is 0.0936. The fourth-order valence-corrected chi connectivity index (χ4v) is 3.14. The lowest BCUT2D eigenvalue weighted by molar-refractivity contribution is -0.0750. The second kappa shape index (κ2) is 4.61. The Morgan fingerprint density at radius 3 is 3.17 bits per heavy atom.